The van der Waals surface area contributed by atoms with E-state index in [1.807, 2.05) is 12.3 Å². The van der Waals surface area contributed by atoms with Crippen LogP contribution >= 0.6 is 11.3 Å². The molecular formula is C9H14N2O2S2. The summed E-state index contributed by atoms with van der Waals surface area (Å²) in [6.45, 7) is 2.58. The molecule has 0 saturated carbocycles. The molecule has 0 bridgehead atoms. The van der Waals surface area contributed by atoms with Gasteiger partial charge in [-0.25, -0.2) is 13.4 Å². The summed E-state index contributed by atoms with van der Waals surface area (Å²) >= 11 is 1.54. The first-order valence-corrected chi connectivity index (χ1v) is 7.69. The number of thiazole rings is 1. The van der Waals surface area contributed by atoms with Gasteiger partial charge in [0.1, 0.15) is 5.01 Å². The Morgan fingerprint density at radius 2 is 2.47 bits per heavy atom. The molecule has 1 saturated heterocycles. The molecule has 0 aromatic carbocycles. The Labute approximate surface area is 93.7 Å². The van der Waals surface area contributed by atoms with Crippen LogP contribution in [0.4, 0.5) is 0 Å². The maximum atomic E-state index is 11.4. The third-order valence-electron chi connectivity index (χ3n) is 2.45. The molecule has 1 aliphatic rings. The molecule has 1 N–H and O–H groups in total. The van der Waals surface area contributed by atoms with E-state index >= 15 is 0 Å². The lowest BCUT2D eigenvalue weighted by Gasteiger charge is -2.21. The number of aromatic nitrogens is 1. The highest BCUT2D eigenvalue weighted by Gasteiger charge is 2.27. The summed E-state index contributed by atoms with van der Waals surface area (Å²) in [5, 5.41) is 6.09. The van der Waals surface area contributed by atoms with Crippen molar-refractivity contribution in [1.29, 1.82) is 0 Å². The van der Waals surface area contributed by atoms with E-state index in [-0.39, 0.29) is 17.5 Å². The highest BCUT2D eigenvalue weighted by atomic mass is 32.2. The number of nitrogens with one attached hydrogen (secondary N) is 1. The van der Waals surface area contributed by atoms with Gasteiger partial charge in [-0.2, -0.15) is 0 Å². The average molecular weight is 246 g/mol. The summed E-state index contributed by atoms with van der Waals surface area (Å²) < 4.78 is 22.9. The molecule has 1 fully saturated rings. The van der Waals surface area contributed by atoms with Crippen molar-refractivity contribution < 1.29 is 8.42 Å². The summed E-state index contributed by atoms with van der Waals surface area (Å²) in [6.07, 6.45) is 0.899. The van der Waals surface area contributed by atoms with Gasteiger partial charge in [0.05, 0.1) is 23.2 Å². The maximum Gasteiger partial charge on any atom is 0.153 e. The minimum atomic E-state index is -2.87. The molecule has 1 aromatic heterocycles. The average Bonchev–Trinajstić information content (AvgIpc) is 2.64. The summed E-state index contributed by atoms with van der Waals surface area (Å²) in [4.78, 5) is 4.41. The molecule has 0 amide bonds. The summed E-state index contributed by atoms with van der Waals surface area (Å²) in [7, 11) is -2.87. The molecule has 1 unspecified atom stereocenters. The fourth-order valence-corrected chi connectivity index (χ4v) is 4.05. The van der Waals surface area contributed by atoms with E-state index in [0.717, 1.165) is 17.1 Å². The van der Waals surface area contributed by atoms with E-state index in [2.05, 4.69) is 10.3 Å². The molecule has 2 heterocycles. The Morgan fingerprint density at radius 3 is 3.07 bits per heavy atom. The van der Waals surface area contributed by atoms with Crippen LogP contribution < -0.4 is 5.32 Å². The Hall–Kier alpha value is -0.460. The fourth-order valence-electron chi connectivity index (χ4n) is 1.59. The van der Waals surface area contributed by atoms with Crippen LogP contribution in [-0.4, -0.2) is 31.5 Å². The number of sulfone groups is 1. The van der Waals surface area contributed by atoms with Gasteiger partial charge in [0.25, 0.3) is 0 Å². The van der Waals surface area contributed by atoms with Crippen LogP contribution in [-0.2, 0) is 16.3 Å². The van der Waals surface area contributed by atoms with Crippen molar-refractivity contribution in [2.75, 3.05) is 18.1 Å². The van der Waals surface area contributed by atoms with Gasteiger partial charge < -0.3 is 5.32 Å². The van der Waals surface area contributed by atoms with Crippen LogP contribution in [0.3, 0.4) is 0 Å². The highest BCUT2D eigenvalue weighted by Crippen LogP contribution is 2.22. The van der Waals surface area contributed by atoms with Crippen molar-refractivity contribution in [3.05, 3.63) is 16.1 Å². The predicted octanol–water partition coefficient (Wildman–Crippen LogP) is 0.765. The van der Waals surface area contributed by atoms with Crippen molar-refractivity contribution in [2.24, 2.45) is 0 Å². The molecule has 0 radical (unpaired) electrons. The van der Waals surface area contributed by atoms with Gasteiger partial charge in [0.2, 0.25) is 0 Å². The lowest BCUT2D eigenvalue weighted by Crippen LogP contribution is -2.39. The predicted molar refractivity (Wildman–Crippen MR) is 60.9 cm³/mol. The summed E-state index contributed by atoms with van der Waals surface area (Å²) in [5.41, 5.74) is 1.04. The maximum absolute atomic E-state index is 11.4. The number of hydrogen-bond acceptors (Lipinski definition) is 5. The van der Waals surface area contributed by atoms with Gasteiger partial charge in [-0.15, -0.1) is 11.3 Å². The van der Waals surface area contributed by atoms with Crippen LogP contribution in [0.5, 0.6) is 0 Å². The first-order valence-electron chi connectivity index (χ1n) is 4.99. The molecule has 0 spiro atoms. The largest absolute Gasteiger partial charge is 0.306 e. The number of nitrogens with zero attached hydrogens (tertiary/aromatic N) is 1. The number of rotatable bonds is 2. The van der Waals surface area contributed by atoms with Gasteiger partial charge in [-0.05, 0) is 6.42 Å². The molecule has 1 aromatic rings. The quantitative estimate of drug-likeness (QED) is 0.837. The van der Waals surface area contributed by atoms with Crippen molar-refractivity contribution in [3.63, 3.8) is 0 Å². The third kappa shape index (κ3) is 2.56. The molecule has 1 aliphatic heterocycles. The monoisotopic (exact) mass is 246 g/mol. The minimum absolute atomic E-state index is 0.103. The summed E-state index contributed by atoms with van der Waals surface area (Å²) in [5.74, 6) is 0.430. The SMILES string of the molecule is CCc1csc(C2CS(=O)(=O)CCN2)n1. The van der Waals surface area contributed by atoms with Gasteiger partial charge in [0, 0.05) is 11.9 Å². The standard InChI is InChI=1S/C9H14N2O2S2/c1-2-7-5-14-9(11-7)8-6-15(12,13)4-3-10-8/h5,8,10H,2-4,6H2,1H3. The van der Waals surface area contributed by atoms with Crippen molar-refractivity contribution in [1.82, 2.24) is 10.3 Å². The normalized spacial score (nSPS) is 25.3. The lowest BCUT2D eigenvalue weighted by atomic mass is 10.3. The van der Waals surface area contributed by atoms with E-state index in [1.165, 1.54) is 0 Å². The van der Waals surface area contributed by atoms with Crippen molar-refractivity contribution in [2.45, 2.75) is 19.4 Å². The first kappa shape index (κ1) is 11.0. The van der Waals surface area contributed by atoms with Crippen molar-refractivity contribution >= 4 is 21.2 Å². The van der Waals surface area contributed by atoms with Crippen molar-refractivity contribution in [3.8, 4) is 0 Å². The molecule has 2 rings (SSSR count). The molecule has 4 nitrogen and oxygen atoms in total. The van der Waals surface area contributed by atoms with Crippen LogP contribution in [0.15, 0.2) is 5.38 Å². The molecule has 15 heavy (non-hydrogen) atoms. The molecular weight excluding hydrogens is 232 g/mol. The second-order valence-corrected chi connectivity index (χ2v) is 6.77. The van der Waals surface area contributed by atoms with E-state index in [4.69, 9.17) is 0 Å². The van der Waals surface area contributed by atoms with E-state index < -0.39 is 9.84 Å². The molecule has 0 aliphatic carbocycles. The number of aryl methyl sites for hydroxylation is 1. The zero-order valence-corrected chi connectivity index (χ0v) is 10.2. The topological polar surface area (TPSA) is 59.1 Å². The minimum Gasteiger partial charge on any atom is -0.306 e. The third-order valence-corrected chi connectivity index (χ3v) is 5.13. The smallest absolute Gasteiger partial charge is 0.153 e. The van der Waals surface area contributed by atoms with E-state index in [0.29, 0.717) is 6.54 Å². The van der Waals surface area contributed by atoms with Crippen LogP contribution in [0, 0.1) is 0 Å². The Morgan fingerprint density at radius 1 is 1.67 bits per heavy atom. The second kappa shape index (κ2) is 4.19. The zero-order valence-electron chi connectivity index (χ0n) is 8.56. The van der Waals surface area contributed by atoms with Crippen LogP contribution in [0.25, 0.3) is 0 Å². The second-order valence-electron chi connectivity index (χ2n) is 3.65. The zero-order chi connectivity index (χ0) is 10.9. The Kier molecular flexibility index (Phi) is 3.08. The van der Waals surface area contributed by atoms with Crippen LogP contribution in [0.2, 0.25) is 0 Å². The molecule has 1 atom stereocenters. The van der Waals surface area contributed by atoms with E-state index in [1.54, 1.807) is 11.3 Å². The van der Waals surface area contributed by atoms with Gasteiger partial charge in [-0.1, -0.05) is 6.92 Å². The molecule has 6 heteroatoms. The Balaban J connectivity index is 2.17. The summed E-state index contributed by atoms with van der Waals surface area (Å²) in [6, 6.07) is -0.103. The molecule has 84 valence electrons. The van der Waals surface area contributed by atoms with Crippen LogP contribution in [0.1, 0.15) is 23.7 Å². The Bertz CT molecular complexity index is 439. The van der Waals surface area contributed by atoms with Gasteiger partial charge in [0.15, 0.2) is 9.84 Å². The first-order chi connectivity index (χ1) is 7.11. The van der Waals surface area contributed by atoms with E-state index in [9.17, 15) is 8.42 Å². The van der Waals surface area contributed by atoms with Gasteiger partial charge >= 0.3 is 0 Å². The fraction of sp³-hybridized carbons (Fsp3) is 0.667. The number of hydrogen-bond donors (Lipinski definition) is 1. The van der Waals surface area contributed by atoms with Gasteiger partial charge in [-0.3, -0.25) is 0 Å². The highest BCUT2D eigenvalue weighted by molar-refractivity contribution is 7.91. The lowest BCUT2D eigenvalue weighted by molar-refractivity contribution is 0.529.